The monoisotopic (exact) mass is 442 g/mol. The fourth-order valence-corrected chi connectivity index (χ4v) is 5.58. The fourth-order valence-electron chi connectivity index (χ4n) is 5.58. The van der Waals surface area contributed by atoms with E-state index in [1.165, 1.54) is 0 Å². The van der Waals surface area contributed by atoms with Crippen LogP contribution in [0.4, 0.5) is 0 Å². The Hall–Kier alpha value is -3.21. The van der Waals surface area contributed by atoms with E-state index in [0.29, 0.717) is 29.9 Å². The van der Waals surface area contributed by atoms with Gasteiger partial charge in [0, 0.05) is 57.7 Å². The van der Waals surface area contributed by atoms with Gasteiger partial charge in [-0.25, -0.2) is 0 Å². The number of nitrogens with one attached hydrogen (secondary N) is 1. The molecule has 33 heavy (non-hydrogen) atoms. The first-order chi connectivity index (χ1) is 15.7. The average molecular weight is 443 g/mol. The molecule has 0 spiro atoms. The zero-order valence-corrected chi connectivity index (χ0v) is 19.7. The number of aryl methyl sites for hydroxylation is 3. The molecule has 2 aliphatic rings. The van der Waals surface area contributed by atoms with Crippen LogP contribution < -0.4 is 10.3 Å². The number of pyridine rings is 2. The van der Waals surface area contributed by atoms with Crippen LogP contribution in [0.15, 0.2) is 41.3 Å². The molecule has 1 aromatic carbocycles. The highest BCUT2D eigenvalue weighted by Gasteiger charge is 2.49. The largest absolute Gasteiger partial charge is 0.486 e. The van der Waals surface area contributed by atoms with Crippen molar-refractivity contribution in [3.8, 4) is 16.9 Å². The van der Waals surface area contributed by atoms with Crippen LogP contribution in [0.2, 0.25) is 0 Å². The Bertz CT molecular complexity index is 1310. The maximum absolute atomic E-state index is 13.3. The lowest BCUT2D eigenvalue weighted by Crippen LogP contribution is -2.29. The SMILES string of the molecule is Cc1ccc(-c2cc(C(=O)CCc3c(C)cc(C)[nH]c3=O)cc3c2O[C@@]2(C)CCC[C@@H]32)cn1. The summed E-state index contributed by atoms with van der Waals surface area (Å²) >= 11 is 0. The Morgan fingerprint density at radius 1 is 1.21 bits per heavy atom. The van der Waals surface area contributed by atoms with Crippen LogP contribution >= 0.6 is 0 Å². The molecule has 5 nitrogen and oxygen atoms in total. The van der Waals surface area contributed by atoms with Crippen LogP contribution in [0, 0.1) is 20.8 Å². The van der Waals surface area contributed by atoms with Crippen molar-refractivity contribution in [2.75, 3.05) is 0 Å². The number of ether oxygens (including phenoxy) is 1. The van der Waals surface area contributed by atoms with Crippen LogP contribution in [-0.4, -0.2) is 21.4 Å². The third kappa shape index (κ3) is 3.79. The van der Waals surface area contributed by atoms with E-state index in [0.717, 1.165) is 58.7 Å². The highest BCUT2D eigenvalue weighted by atomic mass is 16.5. The summed E-state index contributed by atoms with van der Waals surface area (Å²) in [5, 5.41) is 0. The lowest BCUT2D eigenvalue weighted by molar-refractivity contribution is 0.0982. The lowest BCUT2D eigenvalue weighted by Gasteiger charge is -2.23. The molecule has 0 bridgehead atoms. The first-order valence-electron chi connectivity index (χ1n) is 11.8. The lowest BCUT2D eigenvalue weighted by atomic mass is 9.86. The highest BCUT2D eigenvalue weighted by Crippen LogP contribution is 2.56. The van der Waals surface area contributed by atoms with Gasteiger partial charge in [0.25, 0.3) is 5.56 Å². The number of nitrogens with zero attached hydrogens (tertiary/aromatic N) is 1. The van der Waals surface area contributed by atoms with Gasteiger partial charge in [0.2, 0.25) is 0 Å². The molecule has 2 aromatic heterocycles. The molecule has 1 aliphatic carbocycles. The van der Waals surface area contributed by atoms with E-state index in [9.17, 15) is 9.59 Å². The first kappa shape index (κ1) is 21.6. The predicted octanol–water partition coefficient (Wildman–Crippen LogP) is 5.60. The third-order valence-corrected chi connectivity index (χ3v) is 7.37. The molecule has 5 heteroatoms. The molecular weight excluding hydrogens is 412 g/mol. The summed E-state index contributed by atoms with van der Waals surface area (Å²) in [6.07, 6.45) is 5.81. The van der Waals surface area contributed by atoms with Crippen molar-refractivity contribution in [2.24, 2.45) is 0 Å². The standard InChI is InChI=1S/C28H30N2O3/c1-16-12-18(3)30-27(32)21(16)9-10-25(31)20-13-22(19-8-7-17(2)29-15-19)26-23(14-20)24-6-5-11-28(24,4)33-26/h7-8,12-15,24H,5-6,9-11H2,1-4H3,(H,30,32)/t24-,28-/m0/s1. The number of H-pyrrole nitrogens is 1. The normalized spacial score (nSPS) is 20.9. The number of hydrogen-bond donors (Lipinski definition) is 1. The summed E-state index contributed by atoms with van der Waals surface area (Å²) in [6.45, 7) is 7.95. The van der Waals surface area contributed by atoms with Crippen LogP contribution in [-0.2, 0) is 6.42 Å². The number of ketones is 1. The first-order valence-corrected chi connectivity index (χ1v) is 11.8. The van der Waals surface area contributed by atoms with Crippen molar-refractivity contribution in [3.63, 3.8) is 0 Å². The summed E-state index contributed by atoms with van der Waals surface area (Å²) in [4.78, 5) is 33.1. The minimum absolute atomic E-state index is 0.0464. The van der Waals surface area contributed by atoms with Crippen molar-refractivity contribution in [1.82, 2.24) is 9.97 Å². The maximum atomic E-state index is 13.3. The van der Waals surface area contributed by atoms with E-state index in [-0.39, 0.29) is 16.9 Å². The molecule has 170 valence electrons. The van der Waals surface area contributed by atoms with E-state index in [4.69, 9.17) is 4.74 Å². The molecule has 1 saturated carbocycles. The molecule has 3 heterocycles. The van der Waals surface area contributed by atoms with Gasteiger partial charge in [-0.05, 0) is 83.2 Å². The number of carbonyl (C=O) groups excluding carboxylic acids is 1. The van der Waals surface area contributed by atoms with Crippen LogP contribution in [0.3, 0.4) is 0 Å². The maximum Gasteiger partial charge on any atom is 0.251 e. The number of rotatable bonds is 5. The molecule has 1 N–H and O–H groups in total. The number of aromatic nitrogens is 2. The van der Waals surface area contributed by atoms with Crippen molar-refractivity contribution in [2.45, 2.75) is 71.3 Å². The minimum atomic E-state index is -0.205. The van der Waals surface area contributed by atoms with E-state index in [1.54, 1.807) is 0 Å². The Morgan fingerprint density at radius 3 is 2.76 bits per heavy atom. The van der Waals surface area contributed by atoms with Crippen molar-refractivity contribution in [1.29, 1.82) is 0 Å². The van der Waals surface area contributed by atoms with Gasteiger partial charge in [-0.2, -0.15) is 0 Å². The molecule has 2 atom stereocenters. The zero-order chi connectivity index (χ0) is 23.3. The minimum Gasteiger partial charge on any atom is -0.486 e. The van der Waals surface area contributed by atoms with Crippen LogP contribution in [0.5, 0.6) is 5.75 Å². The summed E-state index contributed by atoms with van der Waals surface area (Å²) in [7, 11) is 0. The van der Waals surface area contributed by atoms with Crippen molar-refractivity contribution < 1.29 is 9.53 Å². The Balaban J connectivity index is 1.52. The van der Waals surface area contributed by atoms with Gasteiger partial charge in [-0.1, -0.05) is 6.07 Å². The number of fused-ring (bicyclic) bond motifs is 3. The van der Waals surface area contributed by atoms with E-state index >= 15 is 0 Å². The highest BCUT2D eigenvalue weighted by molar-refractivity contribution is 5.98. The predicted molar refractivity (Wildman–Crippen MR) is 129 cm³/mol. The van der Waals surface area contributed by atoms with Gasteiger partial charge in [-0.15, -0.1) is 0 Å². The van der Waals surface area contributed by atoms with Crippen molar-refractivity contribution in [3.05, 3.63) is 80.5 Å². The molecule has 3 aromatic rings. The second-order valence-corrected chi connectivity index (χ2v) is 9.86. The molecule has 1 fully saturated rings. The molecule has 1 aliphatic heterocycles. The zero-order valence-electron chi connectivity index (χ0n) is 19.7. The number of benzene rings is 1. The second kappa shape index (κ2) is 7.98. The number of aromatic amines is 1. The molecular formula is C28H30N2O3. The van der Waals surface area contributed by atoms with Gasteiger partial charge in [-0.3, -0.25) is 14.6 Å². The quantitative estimate of drug-likeness (QED) is 0.522. The number of carbonyl (C=O) groups is 1. The van der Waals surface area contributed by atoms with Crippen LogP contribution in [0.25, 0.3) is 11.1 Å². The molecule has 0 radical (unpaired) electrons. The summed E-state index contributed by atoms with van der Waals surface area (Å²) in [5.41, 5.74) is 6.81. The van der Waals surface area contributed by atoms with Crippen LogP contribution in [0.1, 0.15) is 77.0 Å². The Kier molecular flexibility index (Phi) is 5.23. The van der Waals surface area contributed by atoms with Gasteiger partial charge >= 0.3 is 0 Å². The fraction of sp³-hybridized carbons (Fsp3) is 0.393. The number of hydrogen-bond acceptors (Lipinski definition) is 4. The van der Waals surface area contributed by atoms with E-state index in [2.05, 4.69) is 16.9 Å². The summed E-state index contributed by atoms with van der Waals surface area (Å²) in [6, 6.07) is 9.97. The van der Waals surface area contributed by atoms with Gasteiger partial charge in [0.05, 0.1) is 0 Å². The average Bonchev–Trinajstić information content (AvgIpc) is 3.26. The summed E-state index contributed by atoms with van der Waals surface area (Å²) in [5.74, 6) is 1.25. The second-order valence-electron chi connectivity index (χ2n) is 9.86. The smallest absolute Gasteiger partial charge is 0.251 e. The topological polar surface area (TPSA) is 72.0 Å². The molecule has 0 unspecified atom stereocenters. The Labute approximate surface area is 194 Å². The van der Waals surface area contributed by atoms with E-state index < -0.39 is 0 Å². The molecule has 0 amide bonds. The molecule has 5 rings (SSSR count). The Morgan fingerprint density at radius 2 is 2.03 bits per heavy atom. The van der Waals surface area contributed by atoms with Gasteiger partial charge < -0.3 is 9.72 Å². The third-order valence-electron chi connectivity index (χ3n) is 7.37. The van der Waals surface area contributed by atoms with Crippen molar-refractivity contribution >= 4 is 5.78 Å². The molecule has 0 saturated heterocycles. The number of Topliss-reactive ketones (excluding diaryl/α,β-unsaturated/α-hetero) is 1. The van der Waals surface area contributed by atoms with Gasteiger partial charge in [0.1, 0.15) is 11.4 Å². The van der Waals surface area contributed by atoms with Gasteiger partial charge in [0.15, 0.2) is 5.78 Å². The summed E-state index contributed by atoms with van der Waals surface area (Å²) < 4.78 is 6.56. The van der Waals surface area contributed by atoms with E-state index in [1.807, 2.05) is 57.3 Å².